The van der Waals surface area contributed by atoms with Crippen molar-refractivity contribution in [2.45, 2.75) is 13.8 Å². The number of nitrogens with one attached hydrogen (secondary N) is 1. The molecule has 26 heavy (non-hydrogen) atoms. The molecule has 0 saturated carbocycles. The first-order chi connectivity index (χ1) is 11.9. The van der Waals surface area contributed by atoms with E-state index in [2.05, 4.69) is 4.72 Å². The van der Waals surface area contributed by atoms with Gasteiger partial charge in [-0.2, -0.15) is 0 Å². The first-order valence-corrected chi connectivity index (χ1v) is 9.03. The summed E-state index contributed by atoms with van der Waals surface area (Å²) >= 11 is 0. The van der Waals surface area contributed by atoms with Gasteiger partial charge >= 0.3 is 0 Å². The van der Waals surface area contributed by atoms with Crippen molar-refractivity contribution in [1.29, 1.82) is 0 Å². The SMILES string of the molecule is Cc1cc(N)ccc1[N+](=O)[O-].Cc1cc(NS(C)(=O)=O)ccc1[N+](=O)[O-]. The van der Waals surface area contributed by atoms with Gasteiger partial charge in [0.15, 0.2) is 0 Å². The van der Waals surface area contributed by atoms with E-state index in [-0.39, 0.29) is 11.4 Å². The van der Waals surface area contributed by atoms with Gasteiger partial charge in [-0.1, -0.05) is 0 Å². The lowest BCUT2D eigenvalue weighted by atomic mass is 10.2. The van der Waals surface area contributed by atoms with Gasteiger partial charge in [0, 0.05) is 34.6 Å². The summed E-state index contributed by atoms with van der Waals surface area (Å²) in [6.45, 7) is 3.21. The molecule has 2 aromatic carbocycles. The van der Waals surface area contributed by atoms with Crippen molar-refractivity contribution in [3.05, 3.63) is 67.8 Å². The summed E-state index contributed by atoms with van der Waals surface area (Å²) < 4.78 is 24.0. The van der Waals surface area contributed by atoms with Crippen molar-refractivity contribution >= 4 is 32.8 Å². The molecule has 10 nitrogen and oxygen atoms in total. The van der Waals surface area contributed by atoms with E-state index >= 15 is 0 Å². The Hall–Kier alpha value is -3.21. The fourth-order valence-corrected chi connectivity index (χ4v) is 2.58. The highest BCUT2D eigenvalue weighted by molar-refractivity contribution is 7.92. The Morgan fingerprint density at radius 1 is 0.923 bits per heavy atom. The van der Waals surface area contributed by atoms with E-state index in [1.54, 1.807) is 19.9 Å². The van der Waals surface area contributed by atoms with E-state index in [0.717, 1.165) is 6.26 Å². The van der Waals surface area contributed by atoms with Gasteiger partial charge < -0.3 is 5.73 Å². The van der Waals surface area contributed by atoms with Crippen LogP contribution < -0.4 is 10.5 Å². The van der Waals surface area contributed by atoms with Crippen molar-refractivity contribution in [2.75, 3.05) is 16.7 Å². The van der Waals surface area contributed by atoms with Gasteiger partial charge in [-0.15, -0.1) is 0 Å². The van der Waals surface area contributed by atoms with Gasteiger partial charge in [0.2, 0.25) is 10.0 Å². The Kier molecular flexibility index (Phi) is 6.61. The molecule has 0 aromatic heterocycles. The summed E-state index contributed by atoms with van der Waals surface area (Å²) in [5.41, 5.74) is 7.35. The van der Waals surface area contributed by atoms with Crippen molar-refractivity contribution in [3.8, 4) is 0 Å². The number of nitrogen functional groups attached to an aromatic ring is 1. The molecular weight excluding hydrogens is 364 g/mol. The quantitative estimate of drug-likeness (QED) is 0.467. The number of sulfonamides is 1. The topological polar surface area (TPSA) is 158 Å². The molecule has 2 aromatic rings. The zero-order valence-electron chi connectivity index (χ0n) is 14.3. The van der Waals surface area contributed by atoms with Crippen molar-refractivity contribution in [1.82, 2.24) is 0 Å². The summed E-state index contributed by atoms with van der Waals surface area (Å²) in [6, 6.07) is 8.54. The second kappa shape index (κ2) is 8.25. The zero-order valence-corrected chi connectivity index (χ0v) is 15.1. The number of anilines is 2. The number of hydrogen-bond donors (Lipinski definition) is 2. The molecule has 11 heteroatoms. The highest BCUT2D eigenvalue weighted by atomic mass is 32.2. The van der Waals surface area contributed by atoms with Crippen LogP contribution in [0.3, 0.4) is 0 Å². The van der Waals surface area contributed by atoms with E-state index in [1.165, 1.54) is 30.3 Å². The van der Waals surface area contributed by atoms with Gasteiger partial charge in [0.1, 0.15) is 0 Å². The molecule has 3 N–H and O–H groups in total. The molecule has 140 valence electrons. The molecule has 0 heterocycles. The van der Waals surface area contributed by atoms with Crippen LogP contribution in [0.4, 0.5) is 22.7 Å². The van der Waals surface area contributed by atoms with Crippen molar-refractivity contribution in [2.24, 2.45) is 0 Å². The lowest BCUT2D eigenvalue weighted by molar-refractivity contribution is -0.385. The number of hydrogen-bond acceptors (Lipinski definition) is 7. The summed E-state index contributed by atoms with van der Waals surface area (Å²) in [7, 11) is -3.35. The Balaban J connectivity index is 0.000000273. The number of rotatable bonds is 4. The number of benzene rings is 2. The number of aryl methyl sites for hydroxylation is 2. The minimum absolute atomic E-state index is 0.0333. The van der Waals surface area contributed by atoms with Gasteiger partial charge in [-0.3, -0.25) is 25.0 Å². The molecule has 2 rings (SSSR count). The standard InChI is InChI=1S/C8H10N2O4S.C7H8N2O2/c1-6-5-7(9-15(2,13)14)3-4-8(6)10(11)12;1-5-4-6(8)2-3-7(5)9(10)11/h3-5,9H,1-2H3;2-4H,8H2,1H3. The number of nitro groups is 2. The van der Waals surface area contributed by atoms with Crippen molar-refractivity contribution < 1.29 is 18.3 Å². The average molecular weight is 382 g/mol. The van der Waals surface area contributed by atoms with E-state index in [0.29, 0.717) is 22.5 Å². The Labute approximate surface area is 150 Å². The highest BCUT2D eigenvalue weighted by Crippen LogP contribution is 2.22. The molecule has 0 spiro atoms. The van der Waals surface area contributed by atoms with Crippen LogP contribution in [0, 0.1) is 34.1 Å². The van der Waals surface area contributed by atoms with Crippen LogP contribution >= 0.6 is 0 Å². The molecule has 0 aliphatic rings. The van der Waals surface area contributed by atoms with Gasteiger partial charge in [-0.05, 0) is 38.1 Å². The largest absolute Gasteiger partial charge is 0.399 e. The van der Waals surface area contributed by atoms with Crippen LogP contribution in [-0.4, -0.2) is 24.5 Å². The molecule has 0 amide bonds. The fraction of sp³-hybridized carbons (Fsp3) is 0.200. The third-order valence-corrected chi connectivity index (χ3v) is 3.72. The smallest absolute Gasteiger partial charge is 0.272 e. The van der Waals surface area contributed by atoms with E-state index in [1.807, 2.05) is 0 Å². The maximum Gasteiger partial charge on any atom is 0.272 e. The molecule has 0 unspecified atom stereocenters. The van der Waals surface area contributed by atoms with E-state index in [4.69, 9.17) is 5.73 Å². The summed E-state index contributed by atoms with van der Waals surface area (Å²) in [4.78, 5) is 19.8. The summed E-state index contributed by atoms with van der Waals surface area (Å²) in [5.74, 6) is 0. The maximum atomic E-state index is 10.9. The van der Waals surface area contributed by atoms with E-state index < -0.39 is 19.9 Å². The normalized spacial score (nSPS) is 10.4. The lowest BCUT2D eigenvalue weighted by Gasteiger charge is -2.04. The summed E-state index contributed by atoms with van der Waals surface area (Å²) in [5, 5.41) is 20.8. The Bertz CT molecular complexity index is 943. The monoisotopic (exact) mass is 382 g/mol. The zero-order chi connectivity index (χ0) is 20.1. The number of nitrogens with two attached hydrogens (primary N) is 1. The molecule has 0 aliphatic heterocycles. The first-order valence-electron chi connectivity index (χ1n) is 7.14. The predicted molar refractivity (Wildman–Crippen MR) is 98.5 cm³/mol. The second-order valence-corrected chi connectivity index (χ2v) is 7.18. The van der Waals surface area contributed by atoms with Crippen LogP contribution in [-0.2, 0) is 10.0 Å². The Morgan fingerprint density at radius 3 is 1.77 bits per heavy atom. The van der Waals surface area contributed by atoms with Crippen LogP contribution in [0.25, 0.3) is 0 Å². The third-order valence-electron chi connectivity index (χ3n) is 3.11. The van der Waals surface area contributed by atoms with Crippen LogP contribution in [0.5, 0.6) is 0 Å². The lowest BCUT2D eigenvalue weighted by Crippen LogP contribution is -2.09. The Morgan fingerprint density at radius 2 is 1.38 bits per heavy atom. The molecule has 0 fully saturated rings. The van der Waals surface area contributed by atoms with Crippen LogP contribution in [0.1, 0.15) is 11.1 Å². The highest BCUT2D eigenvalue weighted by Gasteiger charge is 2.11. The molecular formula is C15H18N4O6S. The number of nitro benzene ring substituents is 2. The molecule has 0 radical (unpaired) electrons. The molecule has 0 aliphatic carbocycles. The van der Waals surface area contributed by atoms with Gasteiger partial charge in [0.05, 0.1) is 16.1 Å². The summed E-state index contributed by atoms with van der Waals surface area (Å²) in [6.07, 6.45) is 1.02. The fourth-order valence-electron chi connectivity index (χ4n) is 2.02. The van der Waals surface area contributed by atoms with Gasteiger partial charge in [-0.25, -0.2) is 8.42 Å². The predicted octanol–water partition coefficient (Wildman–Crippen LogP) is 2.76. The van der Waals surface area contributed by atoms with E-state index in [9.17, 15) is 28.6 Å². The van der Waals surface area contributed by atoms with Crippen LogP contribution in [0.15, 0.2) is 36.4 Å². The minimum atomic E-state index is -3.35. The average Bonchev–Trinajstić information content (AvgIpc) is 2.45. The van der Waals surface area contributed by atoms with Crippen molar-refractivity contribution in [3.63, 3.8) is 0 Å². The second-order valence-electron chi connectivity index (χ2n) is 5.44. The number of nitrogens with zero attached hydrogens (tertiary/aromatic N) is 2. The van der Waals surface area contributed by atoms with Crippen LogP contribution in [0.2, 0.25) is 0 Å². The maximum absolute atomic E-state index is 10.9. The van der Waals surface area contributed by atoms with Gasteiger partial charge in [0.25, 0.3) is 11.4 Å². The molecule has 0 bridgehead atoms. The third kappa shape index (κ3) is 6.36. The molecule has 0 saturated heterocycles. The minimum Gasteiger partial charge on any atom is -0.399 e. The molecule has 0 atom stereocenters. The first kappa shape index (κ1) is 20.8.